The normalized spacial score (nSPS) is 11.2. The zero-order valence-corrected chi connectivity index (χ0v) is 13.5. The van der Waals surface area contributed by atoms with E-state index in [-0.39, 0.29) is 21.2 Å². The highest BCUT2D eigenvalue weighted by Crippen LogP contribution is 2.28. The molecule has 0 unspecified atom stereocenters. The van der Waals surface area contributed by atoms with Gasteiger partial charge in [-0.2, -0.15) is 0 Å². The molecular weight excluding hydrogens is 326 g/mol. The van der Waals surface area contributed by atoms with E-state index < -0.39 is 16.0 Å². The summed E-state index contributed by atoms with van der Waals surface area (Å²) in [4.78, 5) is 11.1. The van der Waals surface area contributed by atoms with Gasteiger partial charge < -0.3 is 5.11 Å². The van der Waals surface area contributed by atoms with Crippen LogP contribution in [0, 0.1) is 13.8 Å². The summed E-state index contributed by atoms with van der Waals surface area (Å²) in [5.74, 6) is -1.21. The van der Waals surface area contributed by atoms with Crippen molar-refractivity contribution in [3.05, 3.63) is 58.1 Å². The van der Waals surface area contributed by atoms with Gasteiger partial charge in [-0.15, -0.1) is 0 Å². The molecule has 7 heteroatoms. The first-order valence-corrected chi connectivity index (χ1v) is 8.20. The number of aryl methyl sites for hydroxylation is 2. The highest BCUT2D eigenvalue weighted by molar-refractivity contribution is 7.92. The Morgan fingerprint density at radius 1 is 1.18 bits per heavy atom. The maximum Gasteiger partial charge on any atom is 0.337 e. The van der Waals surface area contributed by atoms with Crippen molar-refractivity contribution >= 4 is 33.3 Å². The molecule has 0 amide bonds. The number of nitrogens with one attached hydrogen (secondary N) is 1. The number of hydrogen-bond donors (Lipinski definition) is 2. The Kier molecular flexibility index (Phi) is 4.44. The molecule has 2 aromatic carbocycles. The number of rotatable bonds is 4. The minimum absolute atomic E-state index is 0.0339. The van der Waals surface area contributed by atoms with Crippen LogP contribution in [0.25, 0.3) is 0 Å². The summed E-state index contributed by atoms with van der Waals surface area (Å²) in [5, 5.41) is 9.27. The Labute approximate surface area is 133 Å². The predicted molar refractivity (Wildman–Crippen MR) is 85.1 cm³/mol. The Hall–Kier alpha value is -2.05. The lowest BCUT2D eigenvalue weighted by molar-refractivity contribution is 0.0698. The average Bonchev–Trinajstić information content (AvgIpc) is 2.40. The largest absolute Gasteiger partial charge is 0.478 e. The minimum atomic E-state index is -3.98. The molecule has 0 radical (unpaired) electrons. The van der Waals surface area contributed by atoms with Gasteiger partial charge >= 0.3 is 5.97 Å². The fourth-order valence-electron chi connectivity index (χ4n) is 1.99. The molecule has 0 aliphatic carbocycles. The first-order valence-electron chi connectivity index (χ1n) is 6.34. The van der Waals surface area contributed by atoms with Crippen molar-refractivity contribution in [3.8, 4) is 0 Å². The van der Waals surface area contributed by atoms with Crippen molar-refractivity contribution in [3.63, 3.8) is 0 Å². The molecular formula is C15H14ClNO4S. The molecule has 0 fully saturated rings. The first-order chi connectivity index (χ1) is 10.2. The van der Waals surface area contributed by atoms with Crippen LogP contribution >= 0.6 is 11.6 Å². The lowest BCUT2D eigenvalue weighted by Crippen LogP contribution is -2.17. The van der Waals surface area contributed by atoms with E-state index in [2.05, 4.69) is 4.72 Å². The van der Waals surface area contributed by atoms with Crippen molar-refractivity contribution in [2.45, 2.75) is 18.7 Å². The van der Waals surface area contributed by atoms with Crippen LogP contribution in [0.1, 0.15) is 21.5 Å². The summed E-state index contributed by atoms with van der Waals surface area (Å²) in [6.45, 7) is 3.42. The summed E-state index contributed by atoms with van der Waals surface area (Å²) in [6.07, 6.45) is 0. The maximum atomic E-state index is 12.5. The molecule has 2 aromatic rings. The molecule has 5 nitrogen and oxygen atoms in total. The van der Waals surface area contributed by atoms with E-state index in [1.807, 2.05) is 0 Å². The summed E-state index contributed by atoms with van der Waals surface area (Å²) < 4.78 is 27.3. The molecule has 2 N–H and O–H groups in total. The molecule has 0 heterocycles. The third-order valence-corrected chi connectivity index (χ3v) is 4.95. The monoisotopic (exact) mass is 339 g/mol. The van der Waals surface area contributed by atoms with Gasteiger partial charge in [-0.25, -0.2) is 13.2 Å². The third kappa shape index (κ3) is 3.23. The van der Waals surface area contributed by atoms with Gasteiger partial charge in [-0.3, -0.25) is 4.72 Å². The molecule has 116 valence electrons. The number of sulfonamides is 1. The lowest BCUT2D eigenvalue weighted by atomic mass is 10.1. The van der Waals surface area contributed by atoms with Gasteiger partial charge in [-0.1, -0.05) is 29.8 Å². The zero-order valence-electron chi connectivity index (χ0n) is 11.9. The van der Waals surface area contributed by atoms with Crippen LogP contribution in [-0.2, 0) is 10.0 Å². The van der Waals surface area contributed by atoms with Crippen LogP contribution in [0.5, 0.6) is 0 Å². The summed E-state index contributed by atoms with van der Waals surface area (Å²) in [5.41, 5.74) is 1.25. The lowest BCUT2D eigenvalue weighted by Gasteiger charge is -2.14. The topological polar surface area (TPSA) is 83.5 Å². The van der Waals surface area contributed by atoms with Crippen LogP contribution in [0.4, 0.5) is 5.69 Å². The molecule has 0 saturated heterocycles. The van der Waals surface area contributed by atoms with E-state index >= 15 is 0 Å². The maximum absolute atomic E-state index is 12.5. The smallest absolute Gasteiger partial charge is 0.337 e. The average molecular weight is 340 g/mol. The van der Waals surface area contributed by atoms with E-state index in [1.54, 1.807) is 32.0 Å². The van der Waals surface area contributed by atoms with Gasteiger partial charge in [-0.05, 0) is 43.2 Å². The quantitative estimate of drug-likeness (QED) is 0.893. The number of carbonyl (C=O) groups is 1. The van der Waals surface area contributed by atoms with Gasteiger partial charge in [0, 0.05) is 0 Å². The fourth-order valence-corrected chi connectivity index (χ4v) is 3.75. The number of anilines is 1. The van der Waals surface area contributed by atoms with Crippen molar-refractivity contribution in [2.75, 3.05) is 4.72 Å². The molecule has 0 aromatic heterocycles. The number of para-hydroxylation sites is 1. The Morgan fingerprint density at radius 3 is 2.45 bits per heavy atom. The Morgan fingerprint density at radius 2 is 1.86 bits per heavy atom. The second-order valence-electron chi connectivity index (χ2n) is 4.84. The number of hydrogen-bond acceptors (Lipinski definition) is 3. The van der Waals surface area contributed by atoms with Crippen LogP contribution < -0.4 is 4.72 Å². The highest BCUT2D eigenvalue weighted by Gasteiger charge is 2.22. The first kappa shape index (κ1) is 16.3. The van der Waals surface area contributed by atoms with Crippen molar-refractivity contribution in [2.24, 2.45) is 0 Å². The van der Waals surface area contributed by atoms with Gasteiger partial charge in [0.05, 0.1) is 16.3 Å². The van der Waals surface area contributed by atoms with Gasteiger partial charge in [0.1, 0.15) is 4.90 Å². The van der Waals surface area contributed by atoms with Gasteiger partial charge in [0.25, 0.3) is 10.0 Å². The molecule has 0 aliphatic heterocycles. The van der Waals surface area contributed by atoms with Crippen molar-refractivity contribution < 1.29 is 18.3 Å². The third-order valence-electron chi connectivity index (χ3n) is 3.12. The molecule has 22 heavy (non-hydrogen) atoms. The standard InChI is InChI=1S/C15H14ClNO4S/c1-9-6-7-13(12(16)8-9)22(20,21)17-14-10(2)4-3-5-11(14)15(18)19/h3-8,17H,1-2H3,(H,18,19). The molecule has 0 atom stereocenters. The van der Waals surface area contributed by atoms with Crippen molar-refractivity contribution in [1.29, 1.82) is 0 Å². The number of carboxylic acids is 1. The van der Waals surface area contributed by atoms with E-state index in [1.165, 1.54) is 18.2 Å². The zero-order chi connectivity index (χ0) is 16.5. The van der Waals surface area contributed by atoms with Crippen LogP contribution in [0.3, 0.4) is 0 Å². The Bertz CT molecular complexity index is 847. The molecule has 0 spiro atoms. The van der Waals surface area contributed by atoms with E-state index in [9.17, 15) is 18.3 Å². The highest BCUT2D eigenvalue weighted by atomic mass is 35.5. The number of carboxylic acid groups (broad SMARTS) is 1. The van der Waals surface area contributed by atoms with Gasteiger partial charge in [0.15, 0.2) is 0 Å². The number of benzene rings is 2. The summed E-state index contributed by atoms with van der Waals surface area (Å²) in [7, 11) is -3.98. The SMILES string of the molecule is Cc1ccc(S(=O)(=O)Nc2c(C)cccc2C(=O)O)c(Cl)c1. The second kappa shape index (κ2) is 5.98. The van der Waals surface area contributed by atoms with Gasteiger partial charge in [0.2, 0.25) is 0 Å². The Balaban J connectivity index is 2.52. The summed E-state index contributed by atoms with van der Waals surface area (Å²) in [6, 6.07) is 9.06. The van der Waals surface area contributed by atoms with E-state index in [0.717, 1.165) is 5.56 Å². The van der Waals surface area contributed by atoms with Crippen molar-refractivity contribution in [1.82, 2.24) is 0 Å². The molecule has 2 rings (SSSR count). The molecule has 0 bridgehead atoms. The summed E-state index contributed by atoms with van der Waals surface area (Å²) >= 11 is 5.99. The van der Waals surface area contributed by atoms with E-state index in [0.29, 0.717) is 5.56 Å². The minimum Gasteiger partial charge on any atom is -0.478 e. The van der Waals surface area contributed by atoms with Crippen LogP contribution in [-0.4, -0.2) is 19.5 Å². The fraction of sp³-hybridized carbons (Fsp3) is 0.133. The van der Waals surface area contributed by atoms with E-state index in [4.69, 9.17) is 11.6 Å². The predicted octanol–water partition coefficient (Wildman–Crippen LogP) is 3.46. The number of halogens is 1. The van der Waals surface area contributed by atoms with Crippen LogP contribution in [0.2, 0.25) is 5.02 Å². The van der Waals surface area contributed by atoms with Crippen LogP contribution in [0.15, 0.2) is 41.3 Å². The number of aromatic carboxylic acids is 1. The molecule has 0 aliphatic rings. The second-order valence-corrected chi connectivity index (χ2v) is 6.90. The molecule has 0 saturated carbocycles.